The van der Waals surface area contributed by atoms with Crippen LogP contribution < -0.4 is 0 Å². The third-order valence-electron chi connectivity index (χ3n) is 2.70. The quantitative estimate of drug-likeness (QED) is 0.721. The van der Waals surface area contributed by atoms with Gasteiger partial charge in [0.05, 0.1) is 17.3 Å². The number of aromatic carboxylic acids is 1. The fraction of sp³-hybridized carbons (Fsp3) is 0.0909. The summed E-state index contributed by atoms with van der Waals surface area (Å²) >= 11 is 0. The molecule has 0 fully saturated rings. The van der Waals surface area contributed by atoms with Crippen LogP contribution in [0.25, 0.3) is 16.7 Å². The maximum absolute atomic E-state index is 11.3. The van der Waals surface area contributed by atoms with E-state index in [1.54, 1.807) is 36.4 Å². The van der Waals surface area contributed by atoms with Crippen molar-refractivity contribution in [1.82, 2.24) is 24.5 Å². The number of carbonyl (C=O) groups is 1. The van der Waals surface area contributed by atoms with Crippen molar-refractivity contribution in [2.75, 3.05) is 0 Å². The van der Waals surface area contributed by atoms with E-state index in [9.17, 15) is 9.90 Å². The number of aromatic nitrogens is 5. The smallest absolute Gasteiger partial charge is 0.339 e. The Labute approximate surface area is 101 Å². The molecule has 3 aromatic rings. The van der Waals surface area contributed by atoms with Crippen molar-refractivity contribution in [3.8, 4) is 5.69 Å². The molecule has 7 nitrogen and oxygen atoms in total. The lowest BCUT2D eigenvalue weighted by Crippen LogP contribution is -2.07. The summed E-state index contributed by atoms with van der Waals surface area (Å²) in [5, 5.41) is 18.0. The van der Waals surface area contributed by atoms with Crippen LogP contribution in [0, 0.1) is 0 Å². The van der Waals surface area contributed by atoms with E-state index in [4.69, 9.17) is 0 Å². The lowest BCUT2D eigenvalue weighted by atomic mass is 10.2. The minimum Gasteiger partial charge on any atom is -0.478 e. The van der Waals surface area contributed by atoms with Gasteiger partial charge in [-0.25, -0.2) is 14.5 Å². The van der Waals surface area contributed by atoms with Gasteiger partial charge in [0.25, 0.3) is 0 Å². The number of nitrogens with zero attached hydrogens (tertiary/aromatic N) is 5. The van der Waals surface area contributed by atoms with Crippen LogP contribution in [0.2, 0.25) is 0 Å². The van der Waals surface area contributed by atoms with Crippen LogP contribution in [0.1, 0.15) is 10.4 Å². The average Bonchev–Trinajstić information content (AvgIpc) is 2.98. The fourth-order valence-electron chi connectivity index (χ4n) is 1.89. The summed E-state index contributed by atoms with van der Waals surface area (Å²) in [6.07, 6.45) is 6.19. The summed E-state index contributed by atoms with van der Waals surface area (Å²) in [6, 6.07) is 1.73. The molecule has 3 heterocycles. The molecule has 0 saturated carbocycles. The van der Waals surface area contributed by atoms with Gasteiger partial charge in [-0.15, -0.1) is 0 Å². The first kappa shape index (κ1) is 10.5. The van der Waals surface area contributed by atoms with Gasteiger partial charge in [0.2, 0.25) is 0 Å². The van der Waals surface area contributed by atoms with Crippen molar-refractivity contribution < 1.29 is 9.90 Å². The SMILES string of the molecule is Cn1ncc2c(-n3cccn3)c(C(=O)O)cnc21. The van der Waals surface area contributed by atoms with Gasteiger partial charge < -0.3 is 5.11 Å². The summed E-state index contributed by atoms with van der Waals surface area (Å²) in [4.78, 5) is 15.4. The van der Waals surface area contributed by atoms with Crippen LogP contribution >= 0.6 is 0 Å². The molecule has 90 valence electrons. The van der Waals surface area contributed by atoms with Gasteiger partial charge in [0.1, 0.15) is 5.56 Å². The van der Waals surface area contributed by atoms with Crippen LogP contribution in [-0.4, -0.2) is 35.6 Å². The molecule has 3 aromatic heterocycles. The van der Waals surface area contributed by atoms with Crippen molar-refractivity contribution in [2.45, 2.75) is 0 Å². The van der Waals surface area contributed by atoms with E-state index in [1.807, 2.05) is 0 Å². The van der Waals surface area contributed by atoms with E-state index >= 15 is 0 Å². The van der Waals surface area contributed by atoms with E-state index in [-0.39, 0.29) is 5.56 Å². The number of hydrogen-bond donors (Lipinski definition) is 1. The molecule has 0 atom stereocenters. The third-order valence-corrected chi connectivity index (χ3v) is 2.70. The standard InChI is InChI=1S/C11H9N5O2/c1-15-10-7(6-14-15)9(16-4-2-3-13-16)8(5-12-10)11(17)18/h2-6H,1H3,(H,17,18). The maximum Gasteiger partial charge on any atom is 0.339 e. The Bertz CT molecular complexity index is 729. The van der Waals surface area contributed by atoms with Crippen LogP contribution in [0.4, 0.5) is 0 Å². The molecular formula is C11H9N5O2. The van der Waals surface area contributed by atoms with Crippen molar-refractivity contribution in [3.05, 3.63) is 36.4 Å². The molecule has 18 heavy (non-hydrogen) atoms. The van der Waals surface area contributed by atoms with Gasteiger partial charge in [0.15, 0.2) is 5.65 Å². The highest BCUT2D eigenvalue weighted by atomic mass is 16.4. The molecule has 3 rings (SSSR count). The van der Waals surface area contributed by atoms with Crippen molar-refractivity contribution in [2.24, 2.45) is 7.05 Å². The van der Waals surface area contributed by atoms with Crippen LogP contribution in [-0.2, 0) is 7.05 Å². The Morgan fingerprint density at radius 1 is 1.33 bits per heavy atom. The first-order valence-electron chi connectivity index (χ1n) is 5.22. The molecule has 0 aliphatic carbocycles. The molecule has 0 spiro atoms. The first-order chi connectivity index (χ1) is 8.68. The van der Waals surface area contributed by atoms with Crippen LogP contribution in [0.3, 0.4) is 0 Å². The highest BCUT2D eigenvalue weighted by molar-refractivity contribution is 5.99. The number of pyridine rings is 1. The molecule has 0 aliphatic rings. The second kappa shape index (κ2) is 3.66. The number of aryl methyl sites for hydroxylation is 1. The molecular weight excluding hydrogens is 234 g/mol. The monoisotopic (exact) mass is 243 g/mol. The van der Waals surface area contributed by atoms with Crippen molar-refractivity contribution in [1.29, 1.82) is 0 Å². The zero-order chi connectivity index (χ0) is 12.7. The number of rotatable bonds is 2. The minimum absolute atomic E-state index is 0.0965. The first-order valence-corrected chi connectivity index (χ1v) is 5.22. The van der Waals surface area contributed by atoms with E-state index in [0.717, 1.165) is 0 Å². The van der Waals surface area contributed by atoms with Gasteiger partial charge in [-0.3, -0.25) is 4.68 Å². The molecule has 0 aromatic carbocycles. The van der Waals surface area contributed by atoms with E-state index in [1.165, 1.54) is 10.9 Å². The predicted molar refractivity (Wildman–Crippen MR) is 62.6 cm³/mol. The number of fused-ring (bicyclic) bond motifs is 1. The van der Waals surface area contributed by atoms with Gasteiger partial charge in [-0.1, -0.05) is 0 Å². The van der Waals surface area contributed by atoms with Crippen molar-refractivity contribution >= 4 is 17.0 Å². The minimum atomic E-state index is -1.04. The van der Waals surface area contributed by atoms with E-state index < -0.39 is 5.97 Å². The zero-order valence-electron chi connectivity index (χ0n) is 9.48. The molecule has 0 saturated heterocycles. The third kappa shape index (κ3) is 1.37. The number of carboxylic acid groups (broad SMARTS) is 1. The fourth-order valence-corrected chi connectivity index (χ4v) is 1.89. The molecule has 0 aliphatic heterocycles. The van der Waals surface area contributed by atoms with Gasteiger partial charge in [-0.2, -0.15) is 10.2 Å². The zero-order valence-corrected chi connectivity index (χ0v) is 9.48. The molecule has 1 N–H and O–H groups in total. The highest BCUT2D eigenvalue weighted by Crippen LogP contribution is 2.23. The topological polar surface area (TPSA) is 85.8 Å². The summed E-state index contributed by atoms with van der Waals surface area (Å²) in [5.41, 5.74) is 1.19. The van der Waals surface area contributed by atoms with E-state index in [0.29, 0.717) is 16.7 Å². The molecule has 0 bridgehead atoms. The van der Waals surface area contributed by atoms with Gasteiger partial charge >= 0.3 is 5.97 Å². The Morgan fingerprint density at radius 3 is 2.83 bits per heavy atom. The highest BCUT2D eigenvalue weighted by Gasteiger charge is 2.18. The van der Waals surface area contributed by atoms with Crippen LogP contribution in [0.15, 0.2) is 30.9 Å². The predicted octanol–water partition coefficient (Wildman–Crippen LogP) is 0.852. The van der Waals surface area contributed by atoms with Gasteiger partial charge in [0, 0.05) is 25.6 Å². The molecule has 7 heteroatoms. The second-order valence-corrected chi connectivity index (χ2v) is 3.78. The normalized spacial score (nSPS) is 10.9. The summed E-state index contributed by atoms with van der Waals surface area (Å²) in [6.45, 7) is 0. The largest absolute Gasteiger partial charge is 0.478 e. The van der Waals surface area contributed by atoms with Crippen molar-refractivity contribution in [3.63, 3.8) is 0 Å². The Balaban J connectivity index is 2.43. The summed E-state index contributed by atoms with van der Waals surface area (Å²) in [7, 11) is 1.75. The van der Waals surface area contributed by atoms with Gasteiger partial charge in [-0.05, 0) is 6.07 Å². The lowest BCUT2D eigenvalue weighted by Gasteiger charge is -2.07. The molecule has 0 amide bonds. The summed E-state index contributed by atoms with van der Waals surface area (Å²) < 4.78 is 3.10. The number of carboxylic acids is 1. The Hall–Kier alpha value is -2.70. The Morgan fingerprint density at radius 2 is 2.17 bits per heavy atom. The molecule has 0 radical (unpaired) electrons. The Kier molecular flexibility index (Phi) is 2.12. The number of hydrogen-bond acceptors (Lipinski definition) is 4. The maximum atomic E-state index is 11.3. The lowest BCUT2D eigenvalue weighted by molar-refractivity contribution is 0.0696. The summed E-state index contributed by atoms with van der Waals surface area (Å²) in [5.74, 6) is -1.04. The second-order valence-electron chi connectivity index (χ2n) is 3.78. The van der Waals surface area contributed by atoms with E-state index in [2.05, 4.69) is 15.2 Å². The molecule has 0 unspecified atom stereocenters. The average molecular weight is 243 g/mol. The van der Waals surface area contributed by atoms with Crippen LogP contribution in [0.5, 0.6) is 0 Å².